The molecule has 0 bridgehead atoms. The molecule has 0 saturated carbocycles. The number of nitrogens with one attached hydrogen (secondary N) is 2. The van der Waals surface area contributed by atoms with Crippen molar-refractivity contribution in [1.82, 2.24) is 9.78 Å². The van der Waals surface area contributed by atoms with Crippen LogP contribution in [0.2, 0.25) is 0 Å². The van der Waals surface area contributed by atoms with Gasteiger partial charge in [-0.25, -0.2) is 13.5 Å². The van der Waals surface area contributed by atoms with E-state index in [0.717, 1.165) is 16.8 Å². The number of alkyl halides is 2. The molecule has 6 nitrogen and oxygen atoms in total. The normalized spacial score (nSPS) is 17.7. The average molecular weight is 425 g/mol. The Balaban J connectivity index is 1.61. The molecule has 1 amide bonds. The summed E-state index contributed by atoms with van der Waals surface area (Å²) in [6, 6.07) is 13.7. The van der Waals surface area contributed by atoms with E-state index < -0.39 is 18.4 Å². The van der Waals surface area contributed by atoms with Crippen LogP contribution in [0.25, 0.3) is 0 Å². The monoisotopic (exact) mass is 425 g/mol. The standard InChI is InChI=1S/C23H25F2N5O/c1-14-4-6-15(7-5-14)19-12-20(21(24)25)30-22(28-19)18(13-26-30)23(31)27-16-8-10-17(11-9-16)29(2)3/h4-11,13,19-21,28H,12H2,1-3H3,(H,27,31)/t19-,20-/m1/s1. The molecule has 162 valence electrons. The first-order valence-electron chi connectivity index (χ1n) is 10.1. The molecule has 0 saturated heterocycles. The van der Waals surface area contributed by atoms with Crippen LogP contribution in [0.5, 0.6) is 0 Å². The fourth-order valence-corrected chi connectivity index (χ4v) is 3.76. The van der Waals surface area contributed by atoms with Gasteiger partial charge in [-0.15, -0.1) is 0 Å². The quantitative estimate of drug-likeness (QED) is 0.612. The van der Waals surface area contributed by atoms with Gasteiger partial charge in [-0.05, 0) is 43.2 Å². The van der Waals surface area contributed by atoms with Crippen LogP contribution in [0, 0.1) is 6.92 Å². The third kappa shape index (κ3) is 4.23. The lowest BCUT2D eigenvalue weighted by Crippen LogP contribution is -2.31. The number of aromatic nitrogens is 2. The zero-order valence-corrected chi connectivity index (χ0v) is 17.6. The molecule has 2 heterocycles. The maximum Gasteiger partial charge on any atom is 0.261 e. The molecule has 0 unspecified atom stereocenters. The summed E-state index contributed by atoms with van der Waals surface area (Å²) in [5.74, 6) is -0.0894. The highest BCUT2D eigenvalue weighted by Crippen LogP contribution is 2.39. The van der Waals surface area contributed by atoms with Gasteiger partial charge in [-0.2, -0.15) is 5.10 Å². The van der Waals surface area contributed by atoms with Gasteiger partial charge in [0.05, 0.1) is 12.2 Å². The Kier molecular flexibility index (Phi) is 5.63. The highest BCUT2D eigenvalue weighted by molar-refractivity contribution is 6.07. The summed E-state index contributed by atoms with van der Waals surface area (Å²) in [5.41, 5.74) is 3.85. The molecule has 2 atom stereocenters. The molecule has 0 aliphatic carbocycles. The summed E-state index contributed by atoms with van der Waals surface area (Å²) >= 11 is 0. The van der Waals surface area contributed by atoms with Gasteiger partial charge in [0.2, 0.25) is 0 Å². The van der Waals surface area contributed by atoms with Gasteiger partial charge in [0.25, 0.3) is 12.3 Å². The van der Waals surface area contributed by atoms with E-state index in [0.29, 0.717) is 11.5 Å². The maximum absolute atomic E-state index is 13.8. The minimum Gasteiger partial charge on any atom is -0.378 e. The smallest absolute Gasteiger partial charge is 0.261 e. The van der Waals surface area contributed by atoms with Crippen LogP contribution < -0.4 is 15.5 Å². The van der Waals surface area contributed by atoms with Crippen molar-refractivity contribution in [2.45, 2.75) is 31.9 Å². The minimum atomic E-state index is -2.59. The Morgan fingerprint density at radius 2 is 1.84 bits per heavy atom. The Morgan fingerprint density at radius 1 is 1.16 bits per heavy atom. The first kappa shape index (κ1) is 20.8. The molecule has 3 aromatic rings. The second kappa shape index (κ2) is 8.37. The third-order valence-electron chi connectivity index (χ3n) is 5.55. The Labute approximate surface area is 179 Å². The van der Waals surface area contributed by atoms with E-state index in [1.54, 1.807) is 12.1 Å². The summed E-state index contributed by atoms with van der Waals surface area (Å²) in [6.45, 7) is 1.97. The van der Waals surface area contributed by atoms with E-state index in [9.17, 15) is 13.6 Å². The van der Waals surface area contributed by atoms with E-state index in [2.05, 4.69) is 15.7 Å². The summed E-state index contributed by atoms with van der Waals surface area (Å²) in [5, 5.41) is 10.2. The van der Waals surface area contributed by atoms with E-state index >= 15 is 0 Å². The van der Waals surface area contributed by atoms with Crippen molar-refractivity contribution >= 4 is 23.1 Å². The number of nitrogens with zero attached hydrogens (tertiary/aromatic N) is 3. The number of fused-ring (bicyclic) bond motifs is 1. The van der Waals surface area contributed by atoms with Gasteiger partial charge in [0.15, 0.2) is 0 Å². The lowest BCUT2D eigenvalue weighted by atomic mass is 9.96. The van der Waals surface area contributed by atoms with Crippen molar-refractivity contribution in [2.75, 3.05) is 29.6 Å². The van der Waals surface area contributed by atoms with Gasteiger partial charge in [0.1, 0.15) is 17.4 Å². The molecule has 4 rings (SSSR count). The van der Waals surface area contributed by atoms with Crippen molar-refractivity contribution in [3.8, 4) is 0 Å². The lowest BCUT2D eigenvalue weighted by Gasteiger charge is -2.32. The van der Waals surface area contributed by atoms with Gasteiger partial charge in [0, 0.05) is 25.5 Å². The van der Waals surface area contributed by atoms with E-state index in [4.69, 9.17) is 0 Å². The highest BCUT2D eigenvalue weighted by atomic mass is 19.3. The second-order valence-corrected chi connectivity index (χ2v) is 7.99. The summed E-state index contributed by atoms with van der Waals surface area (Å²) < 4.78 is 28.9. The van der Waals surface area contributed by atoms with E-state index in [-0.39, 0.29) is 18.0 Å². The number of aryl methyl sites for hydroxylation is 1. The topological polar surface area (TPSA) is 62.2 Å². The van der Waals surface area contributed by atoms with Crippen LogP contribution in [0.15, 0.2) is 54.7 Å². The zero-order valence-electron chi connectivity index (χ0n) is 17.6. The van der Waals surface area contributed by atoms with Gasteiger partial charge in [-0.1, -0.05) is 29.8 Å². The number of benzene rings is 2. The fraction of sp³-hybridized carbons (Fsp3) is 0.304. The SMILES string of the molecule is Cc1ccc([C@H]2C[C@H](C(F)F)n3ncc(C(=O)Nc4ccc(N(C)C)cc4)c3N2)cc1. The molecular formula is C23H25F2N5O. The Bertz CT molecular complexity index is 1060. The maximum atomic E-state index is 13.8. The summed E-state index contributed by atoms with van der Waals surface area (Å²) in [4.78, 5) is 14.9. The Morgan fingerprint density at radius 3 is 2.45 bits per heavy atom. The largest absolute Gasteiger partial charge is 0.378 e. The molecule has 2 N–H and O–H groups in total. The van der Waals surface area contributed by atoms with Crippen LogP contribution >= 0.6 is 0 Å². The van der Waals surface area contributed by atoms with Crippen molar-refractivity contribution in [3.05, 3.63) is 71.4 Å². The van der Waals surface area contributed by atoms with Gasteiger partial charge < -0.3 is 15.5 Å². The molecule has 0 spiro atoms. The van der Waals surface area contributed by atoms with Gasteiger partial charge in [-0.3, -0.25) is 4.79 Å². The number of rotatable bonds is 5. The fourth-order valence-electron chi connectivity index (χ4n) is 3.76. The van der Waals surface area contributed by atoms with Crippen molar-refractivity contribution in [3.63, 3.8) is 0 Å². The van der Waals surface area contributed by atoms with E-state index in [1.165, 1.54) is 10.9 Å². The molecule has 31 heavy (non-hydrogen) atoms. The number of amides is 1. The van der Waals surface area contributed by atoms with Gasteiger partial charge >= 0.3 is 0 Å². The number of carbonyl (C=O) groups excluding carboxylic acids is 1. The minimum absolute atomic E-state index is 0.183. The number of hydrogen-bond donors (Lipinski definition) is 2. The predicted octanol–water partition coefficient (Wildman–Crippen LogP) is 4.87. The van der Waals surface area contributed by atoms with Crippen molar-refractivity contribution in [1.29, 1.82) is 0 Å². The number of halogens is 2. The summed E-state index contributed by atoms with van der Waals surface area (Å²) in [7, 11) is 3.87. The molecule has 0 radical (unpaired) electrons. The summed E-state index contributed by atoms with van der Waals surface area (Å²) in [6.07, 6.45) is -1.07. The number of carbonyl (C=O) groups is 1. The zero-order chi connectivity index (χ0) is 22.1. The number of anilines is 3. The molecule has 0 fully saturated rings. The molecule has 8 heteroatoms. The second-order valence-electron chi connectivity index (χ2n) is 7.99. The van der Waals surface area contributed by atoms with Crippen LogP contribution in [0.1, 0.15) is 40.0 Å². The first-order chi connectivity index (χ1) is 14.8. The van der Waals surface area contributed by atoms with Crippen LogP contribution in [0.3, 0.4) is 0 Å². The molecule has 1 aliphatic heterocycles. The molecule has 1 aromatic heterocycles. The van der Waals surface area contributed by atoms with E-state index in [1.807, 2.05) is 62.3 Å². The van der Waals surface area contributed by atoms with Crippen LogP contribution in [-0.4, -0.2) is 36.2 Å². The number of hydrogen-bond acceptors (Lipinski definition) is 4. The first-order valence-corrected chi connectivity index (χ1v) is 10.1. The molecule has 2 aromatic carbocycles. The van der Waals surface area contributed by atoms with Crippen LogP contribution in [0.4, 0.5) is 26.0 Å². The predicted molar refractivity (Wildman–Crippen MR) is 118 cm³/mol. The Hall–Kier alpha value is -3.42. The van der Waals surface area contributed by atoms with Crippen LogP contribution in [-0.2, 0) is 0 Å². The molecular weight excluding hydrogens is 400 g/mol. The van der Waals surface area contributed by atoms with Crippen molar-refractivity contribution < 1.29 is 13.6 Å². The van der Waals surface area contributed by atoms with Crippen molar-refractivity contribution in [2.24, 2.45) is 0 Å². The lowest BCUT2D eigenvalue weighted by molar-refractivity contribution is 0.0657. The molecule has 1 aliphatic rings. The third-order valence-corrected chi connectivity index (χ3v) is 5.55. The highest BCUT2D eigenvalue weighted by Gasteiger charge is 2.36. The average Bonchev–Trinajstić information content (AvgIpc) is 3.18.